The molecule has 5 aromatic rings. The van der Waals surface area contributed by atoms with Gasteiger partial charge in [0, 0.05) is 40.2 Å². The molecule has 5 nitrogen and oxygen atoms in total. The summed E-state index contributed by atoms with van der Waals surface area (Å²) in [4.78, 5) is 3.42. The molecule has 0 amide bonds. The van der Waals surface area contributed by atoms with Gasteiger partial charge in [-0.1, -0.05) is 91.0 Å². The van der Waals surface area contributed by atoms with Crippen molar-refractivity contribution in [3.8, 4) is 5.75 Å². The summed E-state index contributed by atoms with van der Waals surface area (Å²) < 4.78 is 5.89. The molecule has 0 saturated heterocycles. The average Bonchev–Trinajstić information content (AvgIpc) is 3.38. The van der Waals surface area contributed by atoms with Crippen LogP contribution in [0.1, 0.15) is 22.3 Å². The van der Waals surface area contributed by atoms with E-state index in [1.165, 1.54) is 22.3 Å². The summed E-state index contributed by atoms with van der Waals surface area (Å²) in [6, 6.07) is 38.5. The third-order valence-corrected chi connectivity index (χ3v) is 7.24. The first kappa shape index (κ1) is 25.7. The average molecular weight is 508 g/mol. The number of hydrogen-bond donors (Lipinski definition) is 4. The Hall–Kier alpha value is -3.90. The number of hydrogen-bond acceptors (Lipinski definition) is 2. The Balaban J connectivity index is 1.43. The largest absolute Gasteiger partial charge is 0.491 e. The molecule has 6 N–H and O–H groups in total. The second-order valence-electron chi connectivity index (χ2n) is 9.78. The molecule has 5 rings (SSSR count). The molecule has 0 aliphatic carbocycles. The van der Waals surface area contributed by atoms with Gasteiger partial charge in [-0.05, 0) is 23.8 Å². The van der Waals surface area contributed by atoms with Crippen LogP contribution in [-0.4, -0.2) is 42.9 Å². The Bertz CT molecular complexity index is 1320. The number of ether oxygens (including phenoxy) is 1. The summed E-state index contributed by atoms with van der Waals surface area (Å²) in [7, 11) is 1.94. The van der Waals surface area contributed by atoms with Crippen molar-refractivity contribution >= 4 is 10.9 Å². The molecular formula is C33H37N3O2+2. The molecule has 0 fully saturated rings. The Kier molecular flexibility index (Phi) is 8.19. The molecule has 0 aliphatic rings. The molecule has 4 aromatic carbocycles. The number of aromatic nitrogens is 1. The number of aliphatic hydroxyl groups excluding tert-OH is 1. The number of aromatic amines is 1. The number of H-pyrrole nitrogens is 1. The zero-order valence-electron chi connectivity index (χ0n) is 21.9. The van der Waals surface area contributed by atoms with Crippen molar-refractivity contribution in [3.05, 3.63) is 138 Å². The van der Waals surface area contributed by atoms with E-state index in [2.05, 4.69) is 120 Å². The van der Waals surface area contributed by atoms with Crippen LogP contribution < -0.4 is 15.4 Å². The van der Waals surface area contributed by atoms with E-state index in [-0.39, 0.29) is 12.1 Å². The van der Waals surface area contributed by atoms with Crippen LogP contribution in [0.15, 0.2) is 115 Å². The molecule has 0 spiro atoms. The van der Waals surface area contributed by atoms with Crippen molar-refractivity contribution in [2.24, 2.45) is 0 Å². The molecule has 1 heterocycles. The van der Waals surface area contributed by atoms with Crippen molar-refractivity contribution < 1.29 is 20.5 Å². The van der Waals surface area contributed by atoms with E-state index < -0.39 is 6.10 Å². The fourth-order valence-corrected chi connectivity index (χ4v) is 5.39. The number of benzene rings is 4. The van der Waals surface area contributed by atoms with E-state index in [0.717, 1.165) is 29.6 Å². The van der Waals surface area contributed by atoms with Crippen LogP contribution in [0.4, 0.5) is 0 Å². The Labute approximate surface area is 224 Å². The minimum atomic E-state index is -0.488. The van der Waals surface area contributed by atoms with Gasteiger partial charge < -0.3 is 25.5 Å². The maximum Gasteiger partial charge on any atom is 0.173 e. The number of fused-ring (bicyclic) bond motifs is 1. The van der Waals surface area contributed by atoms with Crippen molar-refractivity contribution in [1.82, 2.24) is 4.98 Å². The van der Waals surface area contributed by atoms with Crippen LogP contribution in [0.25, 0.3) is 10.9 Å². The summed E-state index contributed by atoms with van der Waals surface area (Å²) in [6.07, 6.45) is 2.52. The lowest BCUT2D eigenvalue weighted by atomic mass is 9.77. The Morgan fingerprint density at radius 1 is 0.816 bits per heavy atom. The normalized spacial score (nSPS) is 12.5. The highest BCUT2D eigenvalue weighted by Crippen LogP contribution is 2.33. The molecule has 0 unspecified atom stereocenters. The van der Waals surface area contributed by atoms with E-state index in [9.17, 15) is 5.11 Å². The highest BCUT2D eigenvalue weighted by molar-refractivity contribution is 5.84. The van der Waals surface area contributed by atoms with Gasteiger partial charge in [0.25, 0.3) is 0 Å². The minimum Gasteiger partial charge on any atom is -0.491 e. The summed E-state index contributed by atoms with van der Waals surface area (Å²) in [5.74, 6) is 0.782. The molecular weight excluding hydrogens is 470 g/mol. The Morgan fingerprint density at radius 2 is 1.39 bits per heavy atom. The molecule has 0 radical (unpaired) electrons. The highest BCUT2D eigenvalue weighted by Gasteiger charge is 2.39. The van der Waals surface area contributed by atoms with Crippen molar-refractivity contribution in [2.45, 2.75) is 18.1 Å². The lowest BCUT2D eigenvalue weighted by Gasteiger charge is -2.33. The standard InChI is InChI=1S/C33H35N3O2/c1-34-23-29(37)24-38-30-17-18-32-31(21-30)25(22-35-32)19-20-36-33(26-11-5-2-6-12-26,27-13-7-3-8-14-27)28-15-9-4-10-16-28/h2-18,21-22,29,34-37H,19-20,23-24H2,1H3/p+2/t29-/m0/s1. The summed E-state index contributed by atoms with van der Waals surface area (Å²) in [5.41, 5.74) is 5.76. The fraction of sp³-hybridized carbons (Fsp3) is 0.212. The quantitative estimate of drug-likeness (QED) is 0.196. The van der Waals surface area contributed by atoms with Crippen molar-refractivity contribution in [3.63, 3.8) is 0 Å². The predicted octanol–water partition coefficient (Wildman–Crippen LogP) is 3.20. The van der Waals surface area contributed by atoms with E-state index >= 15 is 0 Å². The van der Waals surface area contributed by atoms with Gasteiger partial charge in [-0.3, -0.25) is 0 Å². The summed E-state index contributed by atoms with van der Waals surface area (Å²) in [5, 5.41) is 15.6. The number of nitrogens with two attached hydrogens (primary N) is 2. The molecule has 38 heavy (non-hydrogen) atoms. The van der Waals surface area contributed by atoms with Gasteiger partial charge >= 0.3 is 0 Å². The predicted molar refractivity (Wildman–Crippen MR) is 152 cm³/mol. The lowest BCUT2D eigenvalue weighted by molar-refractivity contribution is -0.716. The summed E-state index contributed by atoms with van der Waals surface area (Å²) >= 11 is 0. The van der Waals surface area contributed by atoms with Crippen LogP contribution in [0, 0.1) is 0 Å². The molecule has 0 saturated carbocycles. The van der Waals surface area contributed by atoms with Gasteiger partial charge in [0.05, 0.1) is 13.6 Å². The van der Waals surface area contributed by atoms with Crippen molar-refractivity contribution in [2.75, 3.05) is 26.7 Å². The first-order chi connectivity index (χ1) is 18.7. The zero-order valence-corrected chi connectivity index (χ0v) is 21.9. The van der Waals surface area contributed by atoms with Gasteiger partial charge in [0.1, 0.15) is 25.0 Å². The first-order valence-electron chi connectivity index (χ1n) is 13.4. The van der Waals surface area contributed by atoms with Gasteiger partial charge in [-0.2, -0.15) is 0 Å². The third kappa shape index (κ3) is 5.50. The van der Waals surface area contributed by atoms with Crippen molar-refractivity contribution in [1.29, 1.82) is 0 Å². The van der Waals surface area contributed by atoms with Crippen LogP contribution >= 0.6 is 0 Å². The number of aliphatic hydroxyl groups is 1. The topological polar surface area (TPSA) is 78.5 Å². The maximum atomic E-state index is 10.0. The van der Waals surface area contributed by atoms with E-state index in [1.54, 1.807) is 0 Å². The van der Waals surface area contributed by atoms with Gasteiger partial charge in [0.15, 0.2) is 5.54 Å². The van der Waals surface area contributed by atoms with E-state index in [1.807, 2.05) is 18.4 Å². The zero-order chi connectivity index (χ0) is 26.2. The van der Waals surface area contributed by atoms with Gasteiger partial charge in [-0.15, -0.1) is 0 Å². The molecule has 0 bridgehead atoms. The molecule has 1 atom stereocenters. The molecule has 0 aliphatic heterocycles. The number of rotatable bonds is 12. The van der Waals surface area contributed by atoms with Crippen LogP contribution in [-0.2, 0) is 12.0 Å². The lowest BCUT2D eigenvalue weighted by Crippen LogP contribution is -2.96. The molecule has 1 aromatic heterocycles. The number of likely N-dealkylation sites (N-methyl/N-ethyl adjacent to an activating group) is 1. The third-order valence-electron chi connectivity index (χ3n) is 7.24. The second-order valence-corrected chi connectivity index (χ2v) is 9.78. The van der Waals surface area contributed by atoms with E-state index in [4.69, 9.17) is 4.74 Å². The molecule has 194 valence electrons. The van der Waals surface area contributed by atoms with Crippen LogP contribution in [0.5, 0.6) is 5.75 Å². The maximum absolute atomic E-state index is 10.0. The fourth-order valence-electron chi connectivity index (χ4n) is 5.39. The van der Waals surface area contributed by atoms with Gasteiger partial charge in [-0.25, -0.2) is 0 Å². The smallest absolute Gasteiger partial charge is 0.173 e. The Morgan fingerprint density at radius 3 is 1.95 bits per heavy atom. The van der Waals surface area contributed by atoms with Gasteiger partial charge in [0.2, 0.25) is 0 Å². The van der Waals surface area contributed by atoms with Crippen LogP contribution in [0.3, 0.4) is 0 Å². The number of quaternary nitrogens is 2. The monoisotopic (exact) mass is 507 g/mol. The minimum absolute atomic E-state index is 0.289. The van der Waals surface area contributed by atoms with Crippen LogP contribution in [0.2, 0.25) is 0 Å². The number of nitrogens with one attached hydrogen (secondary N) is 1. The first-order valence-corrected chi connectivity index (χ1v) is 13.4. The molecule has 5 heteroatoms. The second kappa shape index (κ2) is 12.1. The summed E-state index contributed by atoms with van der Waals surface area (Å²) in [6.45, 7) is 1.80. The van der Waals surface area contributed by atoms with E-state index in [0.29, 0.717) is 6.54 Å². The SMILES string of the molecule is C[NH2+]C[C@H](O)COc1ccc2[nH]cc(CC[NH2+]C(c3ccccc3)(c3ccccc3)c3ccccc3)c2c1. The highest BCUT2D eigenvalue weighted by atomic mass is 16.5.